The van der Waals surface area contributed by atoms with Gasteiger partial charge in [-0.2, -0.15) is 0 Å². The minimum Gasteiger partial charge on any atom is -0.357 e. The number of piperidine rings is 1. The quantitative estimate of drug-likeness (QED) is 0.814. The summed E-state index contributed by atoms with van der Waals surface area (Å²) < 4.78 is 0. The topological polar surface area (TPSA) is 19.4 Å². The Morgan fingerprint density at radius 2 is 1.57 bits per heavy atom. The highest BCUT2D eigenvalue weighted by Gasteiger charge is 2.25. The second-order valence-corrected chi connectivity index (χ2v) is 8.32. The minimum atomic E-state index is 0.186. The molecule has 2 saturated heterocycles. The van der Waals surface area contributed by atoms with Crippen LogP contribution >= 0.6 is 0 Å². The van der Waals surface area contributed by atoms with E-state index >= 15 is 0 Å². The average Bonchev–Trinajstić information content (AvgIpc) is 2.84. The van der Waals surface area contributed by atoms with E-state index in [9.17, 15) is 0 Å². The van der Waals surface area contributed by atoms with Crippen molar-refractivity contribution in [1.29, 1.82) is 0 Å². The maximum atomic E-state index is 4.73. The van der Waals surface area contributed by atoms with Crippen LogP contribution in [0.15, 0.2) is 18.3 Å². The third-order valence-electron chi connectivity index (χ3n) is 5.56. The normalized spacial score (nSPS) is 22.1. The summed E-state index contributed by atoms with van der Waals surface area (Å²) in [6, 6.07) is 5.27. The molecule has 0 spiro atoms. The van der Waals surface area contributed by atoms with Gasteiger partial charge in [-0.15, -0.1) is 0 Å². The van der Waals surface area contributed by atoms with Crippen molar-refractivity contribution in [1.82, 2.24) is 9.88 Å². The Balaban J connectivity index is 1.56. The van der Waals surface area contributed by atoms with E-state index in [-0.39, 0.29) is 5.41 Å². The molecule has 3 heteroatoms. The number of hydrogen-bond donors (Lipinski definition) is 0. The molecule has 2 fully saturated rings. The SMILES string of the molecule is CC(C)(C)c1ccc(N2CCC(N3CCCCCC3)CC2)nc1. The first-order valence-corrected chi connectivity index (χ1v) is 9.49. The summed E-state index contributed by atoms with van der Waals surface area (Å²) >= 11 is 0. The monoisotopic (exact) mass is 315 g/mol. The average molecular weight is 316 g/mol. The summed E-state index contributed by atoms with van der Waals surface area (Å²) in [5, 5.41) is 0. The Hall–Kier alpha value is -1.09. The fourth-order valence-corrected chi connectivity index (χ4v) is 3.94. The molecule has 3 rings (SSSR count). The van der Waals surface area contributed by atoms with Crippen LogP contribution < -0.4 is 4.90 Å². The van der Waals surface area contributed by atoms with Crippen molar-refractivity contribution in [3.63, 3.8) is 0 Å². The van der Waals surface area contributed by atoms with E-state index in [1.54, 1.807) is 0 Å². The van der Waals surface area contributed by atoms with Crippen molar-refractivity contribution in [3.8, 4) is 0 Å². The molecule has 0 bridgehead atoms. The van der Waals surface area contributed by atoms with Crippen molar-refractivity contribution in [2.75, 3.05) is 31.1 Å². The van der Waals surface area contributed by atoms with Gasteiger partial charge in [0.2, 0.25) is 0 Å². The maximum Gasteiger partial charge on any atom is 0.128 e. The molecular formula is C20H33N3. The molecule has 0 aliphatic carbocycles. The van der Waals surface area contributed by atoms with Gasteiger partial charge in [-0.25, -0.2) is 4.98 Å². The number of hydrogen-bond acceptors (Lipinski definition) is 3. The van der Waals surface area contributed by atoms with Gasteiger partial charge in [0.05, 0.1) is 0 Å². The Morgan fingerprint density at radius 3 is 2.09 bits per heavy atom. The zero-order valence-electron chi connectivity index (χ0n) is 15.2. The largest absolute Gasteiger partial charge is 0.357 e. The van der Waals surface area contributed by atoms with Gasteiger partial charge in [0.25, 0.3) is 0 Å². The molecule has 2 aliphatic rings. The minimum absolute atomic E-state index is 0.186. The van der Waals surface area contributed by atoms with Crippen LogP contribution in [0.1, 0.15) is 64.9 Å². The fourth-order valence-electron chi connectivity index (χ4n) is 3.94. The van der Waals surface area contributed by atoms with Gasteiger partial charge in [-0.3, -0.25) is 0 Å². The lowest BCUT2D eigenvalue weighted by atomic mass is 9.88. The molecule has 0 amide bonds. The van der Waals surface area contributed by atoms with Crippen LogP contribution in [0.3, 0.4) is 0 Å². The molecule has 3 heterocycles. The van der Waals surface area contributed by atoms with Gasteiger partial charge < -0.3 is 9.80 Å². The highest BCUT2D eigenvalue weighted by Crippen LogP contribution is 2.26. The lowest BCUT2D eigenvalue weighted by Crippen LogP contribution is -2.45. The van der Waals surface area contributed by atoms with E-state index < -0.39 is 0 Å². The lowest BCUT2D eigenvalue weighted by molar-refractivity contribution is 0.175. The van der Waals surface area contributed by atoms with Crippen molar-refractivity contribution >= 4 is 5.82 Å². The van der Waals surface area contributed by atoms with E-state index in [0.29, 0.717) is 0 Å². The van der Waals surface area contributed by atoms with Gasteiger partial charge >= 0.3 is 0 Å². The molecule has 0 unspecified atom stereocenters. The van der Waals surface area contributed by atoms with E-state index in [4.69, 9.17) is 4.98 Å². The summed E-state index contributed by atoms with van der Waals surface area (Å²) in [7, 11) is 0. The molecule has 0 N–H and O–H groups in total. The second-order valence-electron chi connectivity index (χ2n) is 8.32. The van der Waals surface area contributed by atoms with Gasteiger partial charge in [-0.1, -0.05) is 39.7 Å². The summed E-state index contributed by atoms with van der Waals surface area (Å²) in [5.74, 6) is 1.16. The maximum absolute atomic E-state index is 4.73. The first-order valence-electron chi connectivity index (χ1n) is 9.49. The third kappa shape index (κ3) is 4.26. The molecule has 0 aromatic carbocycles. The zero-order valence-corrected chi connectivity index (χ0v) is 15.2. The molecule has 1 aromatic heterocycles. The highest BCUT2D eigenvalue weighted by atomic mass is 15.2. The molecule has 3 nitrogen and oxygen atoms in total. The highest BCUT2D eigenvalue weighted by molar-refractivity contribution is 5.41. The number of anilines is 1. The smallest absolute Gasteiger partial charge is 0.128 e. The molecule has 0 radical (unpaired) electrons. The molecule has 0 atom stereocenters. The van der Waals surface area contributed by atoms with E-state index in [2.05, 4.69) is 48.9 Å². The number of likely N-dealkylation sites (tertiary alicyclic amines) is 1. The van der Waals surface area contributed by atoms with Crippen molar-refractivity contribution in [2.45, 2.75) is 70.8 Å². The Kier molecular flexibility index (Phi) is 5.25. The summed E-state index contributed by atoms with van der Waals surface area (Å²) in [6.07, 6.45) is 10.3. The van der Waals surface area contributed by atoms with Crippen LogP contribution in [0.2, 0.25) is 0 Å². The van der Waals surface area contributed by atoms with Crippen molar-refractivity contribution in [3.05, 3.63) is 23.9 Å². The lowest BCUT2D eigenvalue weighted by Gasteiger charge is -2.38. The van der Waals surface area contributed by atoms with Crippen LogP contribution in [0, 0.1) is 0 Å². The summed E-state index contributed by atoms with van der Waals surface area (Å²) in [6.45, 7) is 11.7. The van der Waals surface area contributed by atoms with E-state index in [1.807, 2.05) is 0 Å². The fraction of sp³-hybridized carbons (Fsp3) is 0.750. The Morgan fingerprint density at radius 1 is 0.913 bits per heavy atom. The molecule has 2 aliphatic heterocycles. The molecule has 23 heavy (non-hydrogen) atoms. The number of pyridine rings is 1. The van der Waals surface area contributed by atoms with Crippen LogP contribution in [-0.4, -0.2) is 42.1 Å². The zero-order chi connectivity index (χ0) is 16.3. The first kappa shape index (κ1) is 16.8. The predicted molar refractivity (Wildman–Crippen MR) is 98.2 cm³/mol. The van der Waals surface area contributed by atoms with Gasteiger partial charge in [0, 0.05) is 25.3 Å². The molecule has 128 valence electrons. The number of aromatic nitrogens is 1. The molecular weight excluding hydrogens is 282 g/mol. The number of rotatable bonds is 2. The van der Waals surface area contributed by atoms with Gasteiger partial charge in [-0.05, 0) is 55.8 Å². The van der Waals surface area contributed by atoms with Crippen molar-refractivity contribution < 1.29 is 0 Å². The van der Waals surface area contributed by atoms with E-state index in [0.717, 1.165) is 24.9 Å². The van der Waals surface area contributed by atoms with Crippen LogP contribution in [0.4, 0.5) is 5.82 Å². The standard InChI is InChI=1S/C20H33N3/c1-20(2,3)17-8-9-19(21-16-17)23-14-10-18(11-15-23)22-12-6-4-5-7-13-22/h8-9,16,18H,4-7,10-15H2,1-3H3. The van der Waals surface area contributed by atoms with Crippen molar-refractivity contribution in [2.24, 2.45) is 0 Å². The van der Waals surface area contributed by atoms with Crippen LogP contribution in [-0.2, 0) is 5.41 Å². The number of nitrogens with zero attached hydrogens (tertiary/aromatic N) is 3. The molecule has 1 aromatic rings. The Bertz CT molecular complexity index is 473. The first-order chi connectivity index (χ1) is 11.0. The van der Waals surface area contributed by atoms with Gasteiger partial charge in [0.15, 0.2) is 0 Å². The summed E-state index contributed by atoms with van der Waals surface area (Å²) in [5.41, 5.74) is 1.51. The Labute approximate surface area is 142 Å². The van der Waals surface area contributed by atoms with E-state index in [1.165, 1.54) is 57.2 Å². The summed E-state index contributed by atoms with van der Waals surface area (Å²) in [4.78, 5) is 9.97. The second kappa shape index (κ2) is 7.21. The molecule has 0 saturated carbocycles. The van der Waals surface area contributed by atoms with Crippen LogP contribution in [0.5, 0.6) is 0 Å². The van der Waals surface area contributed by atoms with Crippen LogP contribution in [0.25, 0.3) is 0 Å². The van der Waals surface area contributed by atoms with Gasteiger partial charge in [0.1, 0.15) is 5.82 Å². The third-order valence-corrected chi connectivity index (χ3v) is 5.56. The predicted octanol–water partition coefficient (Wildman–Crippen LogP) is 4.22.